The van der Waals surface area contributed by atoms with Crippen molar-refractivity contribution in [1.82, 2.24) is 10.6 Å². The van der Waals surface area contributed by atoms with Gasteiger partial charge < -0.3 is 8.94 Å². The number of nitrogens with one attached hydrogen (secondary N) is 1. The molecule has 0 aromatic carbocycles. The number of carbonyl (C=O) groups is 1. The van der Waals surface area contributed by atoms with Gasteiger partial charge >= 0.3 is 6.18 Å². The molecule has 19 heavy (non-hydrogen) atoms. The van der Waals surface area contributed by atoms with E-state index < -0.39 is 18.7 Å². The summed E-state index contributed by atoms with van der Waals surface area (Å²) in [6.07, 6.45) is -3.14. The highest BCUT2D eigenvalue weighted by atomic mass is 19.4. The number of hydrogen-bond donors (Lipinski definition) is 1. The van der Waals surface area contributed by atoms with Gasteiger partial charge in [-0.05, 0) is 12.1 Å². The number of aromatic nitrogens is 1. The maximum Gasteiger partial charge on any atom is 0.414 e. The predicted octanol–water partition coefficient (Wildman–Crippen LogP) is 2.16. The molecule has 0 saturated carbocycles. The molecule has 0 spiro atoms. The van der Waals surface area contributed by atoms with E-state index in [4.69, 9.17) is 8.94 Å². The van der Waals surface area contributed by atoms with Gasteiger partial charge in [0.15, 0.2) is 18.1 Å². The normalized spacial score (nSPS) is 11.5. The molecule has 0 fully saturated rings. The Kier molecular flexibility index (Phi) is 3.56. The molecule has 0 bridgehead atoms. The first-order valence-electron chi connectivity index (χ1n) is 4.95. The van der Waals surface area contributed by atoms with Crippen molar-refractivity contribution in [3.8, 4) is 11.5 Å². The van der Waals surface area contributed by atoms with E-state index in [9.17, 15) is 18.0 Å². The standard InChI is InChI=1S/C10H7F3N2O4/c11-10(12,13)5-18-15-9(16)6-4-8(19-14-6)7-2-1-3-17-7/h1-4H,5H2,(H,15,16). The molecule has 2 aromatic heterocycles. The van der Waals surface area contributed by atoms with E-state index in [0.29, 0.717) is 5.76 Å². The molecule has 2 aromatic rings. The molecule has 2 heterocycles. The van der Waals surface area contributed by atoms with Crippen LogP contribution in [0.4, 0.5) is 13.2 Å². The zero-order valence-corrected chi connectivity index (χ0v) is 9.23. The minimum atomic E-state index is -4.53. The Hall–Kier alpha value is -2.29. The van der Waals surface area contributed by atoms with E-state index in [1.807, 2.05) is 0 Å². The maximum absolute atomic E-state index is 11.8. The summed E-state index contributed by atoms with van der Waals surface area (Å²) in [5, 5.41) is 3.38. The Morgan fingerprint density at radius 2 is 2.21 bits per heavy atom. The Bertz CT molecular complexity index is 547. The highest BCUT2D eigenvalue weighted by Gasteiger charge is 2.28. The second-order valence-electron chi connectivity index (χ2n) is 3.39. The molecule has 2 rings (SSSR count). The monoisotopic (exact) mass is 276 g/mol. The maximum atomic E-state index is 11.8. The first-order valence-corrected chi connectivity index (χ1v) is 4.95. The molecular formula is C10H7F3N2O4. The Morgan fingerprint density at radius 1 is 1.42 bits per heavy atom. The fourth-order valence-corrected chi connectivity index (χ4v) is 1.15. The van der Waals surface area contributed by atoms with Gasteiger partial charge in [0.2, 0.25) is 5.76 Å². The van der Waals surface area contributed by atoms with Crippen LogP contribution in [0.15, 0.2) is 33.4 Å². The van der Waals surface area contributed by atoms with Crippen molar-refractivity contribution in [2.45, 2.75) is 6.18 Å². The number of rotatable bonds is 4. The molecule has 0 unspecified atom stereocenters. The molecule has 0 radical (unpaired) electrons. The van der Waals surface area contributed by atoms with Crippen LogP contribution < -0.4 is 5.48 Å². The lowest BCUT2D eigenvalue weighted by atomic mass is 10.3. The van der Waals surface area contributed by atoms with E-state index in [1.54, 1.807) is 17.6 Å². The lowest BCUT2D eigenvalue weighted by molar-refractivity contribution is -0.184. The average molecular weight is 276 g/mol. The molecule has 102 valence electrons. The van der Waals surface area contributed by atoms with Crippen molar-refractivity contribution in [2.24, 2.45) is 0 Å². The third-order valence-electron chi connectivity index (χ3n) is 1.91. The summed E-state index contributed by atoms with van der Waals surface area (Å²) in [7, 11) is 0. The largest absolute Gasteiger partial charge is 0.461 e. The minimum Gasteiger partial charge on any atom is -0.461 e. The second-order valence-corrected chi connectivity index (χ2v) is 3.39. The van der Waals surface area contributed by atoms with Crippen LogP contribution in [0.1, 0.15) is 10.5 Å². The summed E-state index contributed by atoms with van der Waals surface area (Å²) >= 11 is 0. The quantitative estimate of drug-likeness (QED) is 0.866. The lowest BCUT2D eigenvalue weighted by Crippen LogP contribution is -2.29. The molecule has 0 atom stereocenters. The van der Waals surface area contributed by atoms with E-state index in [-0.39, 0.29) is 11.5 Å². The summed E-state index contributed by atoms with van der Waals surface area (Å²) in [6, 6.07) is 4.39. The molecular weight excluding hydrogens is 269 g/mol. The number of halogens is 3. The lowest BCUT2D eigenvalue weighted by Gasteiger charge is -2.06. The summed E-state index contributed by atoms with van der Waals surface area (Å²) in [6.45, 7) is -1.60. The third kappa shape index (κ3) is 3.58. The second kappa shape index (κ2) is 5.14. The molecule has 1 N–H and O–H groups in total. The SMILES string of the molecule is O=C(NOCC(F)(F)F)c1cc(-c2ccco2)on1. The van der Waals surface area contributed by atoms with Gasteiger partial charge in [0.05, 0.1) is 6.26 Å². The van der Waals surface area contributed by atoms with E-state index in [0.717, 1.165) is 0 Å². The summed E-state index contributed by atoms with van der Waals surface area (Å²) in [5.74, 6) is -0.445. The first-order chi connectivity index (χ1) is 8.96. The predicted molar refractivity (Wildman–Crippen MR) is 53.7 cm³/mol. The molecule has 9 heteroatoms. The van der Waals surface area contributed by atoms with Crippen LogP contribution in [-0.4, -0.2) is 23.8 Å². The molecule has 0 saturated heterocycles. The Labute approximate surface area is 104 Å². The van der Waals surface area contributed by atoms with E-state index in [2.05, 4.69) is 9.99 Å². The molecule has 0 aliphatic heterocycles. The zero-order chi connectivity index (χ0) is 13.9. The highest BCUT2D eigenvalue weighted by molar-refractivity contribution is 5.92. The number of carbonyl (C=O) groups excluding carboxylic acids is 1. The van der Waals surface area contributed by atoms with Crippen LogP contribution in [0.2, 0.25) is 0 Å². The van der Waals surface area contributed by atoms with Crippen LogP contribution in [0.3, 0.4) is 0 Å². The number of hydroxylamine groups is 1. The minimum absolute atomic E-state index is 0.172. The van der Waals surface area contributed by atoms with Gasteiger partial charge in [-0.25, -0.2) is 5.48 Å². The number of hydrogen-bond acceptors (Lipinski definition) is 5. The third-order valence-corrected chi connectivity index (χ3v) is 1.91. The first kappa shape index (κ1) is 13.1. The fraction of sp³-hybridized carbons (Fsp3) is 0.200. The number of amides is 1. The van der Waals surface area contributed by atoms with Crippen molar-refractivity contribution in [1.29, 1.82) is 0 Å². The van der Waals surface area contributed by atoms with Gasteiger partial charge in [-0.1, -0.05) is 5.16 Å². The zero-order valence-electron chi connectivity index (χ0n) is 9.23. The summed E-state index contributed by atoms with van der Waals surface area (Å²) in [4.78, 5) is 15.3. The van der Waals surface area contributed by atoms with Crippen molar-refractivity contribution < 1.29 is 31.7 Å². The van der Waals surface area contributed by atoms with Crippen LogP contribution in [0.25, 0.3) is 11.5 Å². The highest BCUT2D eigenvalue weighted by Crippen LogP contribution is 2.20. The number of nitrogens with zero attached hydrogens (tertiary/aromatic N) is 1. The van der Waals surface area contributed by atoms with Gasteiger partial charge in [-0.3, -0.25) is 9.63 Å². The van der Waals surface area contributed by atoms with Crippen molar-refractivity contribution in [3.05, 3.63) is 30.2 Å². The Morgan fingerprint density at radius 3 is 2.84 bits per heavy atom. The number of alkyl halides is 3. The van der Waals surface area contributed by atoms with Gasteiger partial charge in [-0.2, -0.15) is 13.2 Å². The van der Waals surface area contributed by atoms with Crippen molar-refractivity contribution in [3.63, 3.8) is 0 Å². The molecule has 6 nitrogen and oxygen atoms in total. The fourth-order valence-electron chi connectivity index (χ4n) is 1.15. The van der Waals surface area contributed by atoms with Crippen LogP contribution >= 0.6 is 0 Å². The van der Waals surface area contributed by atoms with E-state index in [1.165, 1.54) is 12.3 Å². The van der Waals surface area contributed by atoms with Crippen molar-refractivity contribution in [2.75, 3.05) is 6.61 Å². The molecule has 0 aliphatic rings. The van der Waals surface area contributed by atoms with Crippen LogP contribution in [0.5, 0.6) is 0 Å². The average Bonchev–Trinajstić information content (AvgIpc) is 2.98. The van der Waals surface area contributed by atoms with Gasteiger partial charge in [0.25, 0.3) is 5.91 Å². The number of furan rings is 1. The molecule has 0 aliphatic carbocycles. The summed E-state index contributed by atoms with van der Waals surface area (Å²) < 4.78 is 45.1. The van der Waals surface area contributed by atoms with Gasteiger partial charge in [0, 0.05) is 6.07 Å². The topological polar surface area (TPSA) is 77.5 Å². The Balaban J connectivity index is 1.93. The summed E-state index contributed by atoms with van der Waals surface area (Å²) in [5.41, 5.74) is 1.37. The smallest absolute Gasteiger partial charge is 0.414 e. The van der Waals surface area contributed by atoms with Crippen LogP contribution in [0, 0.1) is 0 Å². The van der Waals surface area contributed by atoms with E-state index >= 15 is 0 Å². The van der Waals surface area contributed by atoms with Crippen molar-refractivity contribution >= 4 is 5.91 Å². The van der Waals surface area contributed by atoms with Gasteiger partial charge in [0.1, 0.15) is 0 Å². The molecule has 1 amide bonds. The van der Waals surface area contributed by atoms with Gasteiger partial charge in [-0.15, -0.1) is 0 Å². The van der Waals surface area contributed by atoms with Crippen LogP contribution in [-0.2, 0) is 4.84 Å².